The van der Waals surface area contributed by atoms with Gasteiger partial charge in [-0.3, -0.25) is 14.5 Å². The van der Waals surface area contributed by atoms with E-state index < -0.39 is 28.7 Å². The largest absolute Gasteiger partial charge is 0.416 e. The Morgan fingerprint density at radius 2 is 1.85 bits per heavy atom. The normalized spacial score (nSPS) is 19.6. The first kappa shape index (κ1) is 26.2. The average Bonchev–Trinajstić information content (AvgIpc) is 3.06. The number of amidine groups is 1. The number of nitrogens with one attached hydrogen (secondary N) is 2. The second kappa shape index (κ2) is 10.5. The van der Waals surface area contributed by atoms with Crippen LogP contribution in [0.5, 0.6) is 0 Å². The molecular formula is C21H22F6N4O2S. The van der Waals surface area contributed by atoms with Gasteiger partial charge in [0.1, 0.15) is 0 Å². The van der Waals surface area contributed by atoms with Gasteiger partial charge in [0, 0.05) is 6.54 Å². The van der Waals surface area contributed by atoms with Crippen molar-refractivity contribution < 1.29 is 35.9 Å². The molecule has 2 N–H and O–H groups in total. The van der Waals surface area contributed by atoms with E-state index in [0.29, 0.717) is 36.9 Å². The molecule has 1 saturated heterocycles. The molecule has 2 aliphatic rings. The zero-order chi connectivity index (χ0) is 25.1. The number of piperidine rings is 1. The number of hydrogen-bond acceptors (Lipinski definition) is 5. The molecule has 0 saturated carbocycles. The van der Waals surface area contributed by atoms with Crippen molar-refractivity contribution in [3.8, 4) is 0 Å². The molecule has 1 aromatic carbocycles. The van der Waals surface area contributed by atoms with Crippen LogP contribution in [0, 0.1) is 5.92 Å². The quantitative estimate of drug-likeness (QED) is 0.577. The minimum absolute atomic E-state index is 0.00532. The minimum atomic E-state index is -4.90. The highest BCUT2D eigenvalue weighted by molar-refractivity contribution is 8.18. The predicted octanol–water partition coefficient (Wildman–Crippen LogP) is 4.42. The van der Waals surface area contributed by atoms with E-state index in [4.69, 9.17) is 0 Å². The van der Waals surface area contributed by atoms with Crippen LogP contribution >= 0.6 is 11.8 Å². The number of halogens is 6. The summed E-state index contributed by atoms with van der Waals surface area (Å²) in [6.07, 6.45) is -6.81. The Hall–Kier alpha value is -2.38. The summed E-state index contributed by atoms with van der Waals surface area (Å²) in [5.74, 6) is -0.169. The third-order valence-electron chi connectivity index (χ3n) is 5.38. The fourth-order valence-electron chi connectivity index (χ4n) is 3.74. The molecule has 6 nitrogen and oxygen atoms in total. The van der Waals surface area contributed by atoms with Gasteiger partial charge in [-0.2, -0.15) is 31.3 Å². The molecule has 34 heavy (non-hydrogen) atoms. The molecule has 3 rings (SSSR count). The fraction of sp³-hybridized carbons (Fsp3) is 0.476. The highest BCUT2D eigenvalue weighted by Crippen LogP contribution is 2.38. The fourth-order valence-corrected chi connectivity index (χ4v) is 4.52. The number of alkyl halides is 6. The van der Waals surface area contributed by atoms with Gasteiger partial charge in [-0.1, -0.05) is 12.1 Å². The monoisotopic (exact) mass is 508 g/mol. The molecule has 2 heterocycles. The third-order valence-corrected chi connectivity index (χ3v) is 6.20. The van der Waals surface area contributed by atoms with Gasteiger partial charge in [0.2, 0.25) is 5.91 Å². The van der Waals surface area contributed by atoms with Gasteiger partial charge < -0.3 is 10.6 Å². The first-order valence-electron chi connectivity index (χ1n) is 10.3. The number of thioether (sulfide) groups is 1. The Balaban J connectivity index is 1.65. The molecule has 186 valence electrons. The number of carbonyl (C=O) groups is 2. The maximum absolute atomic E-state index is 13.4. The number of amides is 2. The summed E-state index contributed by atoms with van der Waals surface area (Å²) in [5, 5.41) is 4.80. The number of aliphatic imine (C=N–C) groups is 1. The molecule has 1 aromatic rings. The summed E-state index contributed by atoms with van der Waals surface area (Å²) in [7, 11) is 1.60. The summed E-state index contributed by atoms with van der Waals surface area (Å²) in [6.45, 7) is 0.762. The second-order valence-electron chi connectivity index (χ2n) is 7.92. The summed E-state index contributed by atoms with van der Waals surface area (Å²) in [5.41, 5.74) is -2.83. The Kier molecular flexibility index (Phi) is 8.09. The van der Waals surface area contributed by atoms with Gasteiger partial charge in [-0.05, 0) is 68.4 Å². The summed E-state index contributed by atoms with van der Waals surface area (Å²) in [4.78, 5) is 29.6. The number of likely N-dealkylation sites (N-methyl/N-ethyl adjacent to an activating group) is 1. The van der Waals surface area contributed by atoms with Crippen LogP contribution in [-0.4, -0.2) is 48.6 Å². The Morgan fingerprint density at radius 3 is 2.44 bits per heavy atom. The van der Waals surface area contributed by atoms with Crippen molar-refractivity contribution in [2.24, 2.45) is 10.9 Å². The van der Waals surface area contributed by atoms with E-state index in [1.165, 1.54) is 0 Å². The van der Waals surface area contributed by atoms with Gasteiger partial charge in [0.15, 0.2) is 5.84 Å². The molecule has 0 aliphatic carbocycles. The Bertz CT molecular complexity index is 998. The first-order chi connectivity index (χ1) is 15.9. The molecule has 0 unspecified atom stereocenters. The highest BCUT2D eigenvalue weighted by Gasteiger charge is 2.38. The summed E-state index contributed by atoms with van der Waals surface area (Å²) < 4.78 is 78.8. The average molecular weight is 508 g/mol. The van der Waals surface area contributed by atoms with Crippen molar-refractivity contribution >= 4 is 28.7 Å². The molecule has 2 aliphatic heterocycles. The molecular weight excluding hydrogens is 486 g/mol. The topological polar surface area (TPSA) is 73.8 Å². The lowest BCUT2D eigenvalue weighted by atomic mass is 9.95. The number of benzene rings is 1. The van der Waals surface area contributed by atoms with Crippen LogP contribution in [-0.2, 0) is 23.7 Å². The number of hydrogen-bond donors (Lipinski definition) is 2. The van der Waals surface area contributed by atoms with Crippen molar-refractivity contribution in [1.82, 2.24) is 15.5 Å². The lowest BCUT2D eigenvalue weighted by Crippen LogP contribution is -2.37. The molecule has 0 radical (unpaired) electrons. The maximum atomic E-state index is 13.4. The van der Waals surface area contributed by atoms with Crippen LogP contribution in [0.1, 0.15) is 29.5 Å². The number of allylic oxidation sites excluding steroid dienone is 1. The van der Waals surface area contributed by atoms with Crippen LogP contribution in [0.25, 0.3) is 0 Å². The zero-order valence-corrected chi connectivity index (χ0v) is 18.8. The van der Waals surface area contributed by atoms with Crippen molar-refractivity contribution in [3.63, 3.8) is 0 Å². The van der Waals surface area contributed by atoms with E-state index in [9.17, 15) is 35.9 Å². The summed E-state index contributed by atoms with van der Waals surface area (Å²) >= 11 is 0.892. The molecule has 13 heteroatoms. The smallest absolute Gasteiger partial charge is 0.311 e. The number of nitrogens with zero attached hydrogens (tertiary/aromatic N) is 2. The SMILES string of the molecule is CNCC(=O)NC1=NC(=O)S/C1=C\C1CCN(Cc2ccc(C(F)(F)F)cc2C(F)(F)F)CC1. The Labute approximate surface area is 195 Å². The lowest BCUT2D eigenvalue weighted by Gasteiger charge is -2.31. The third kappa shape index (κ3) is 6.83. The number of likely N-dealkylation sites (tertiary alicyclic amines) is 1. The zero-order valence-electron chi connectivity index (χ0n) is 18.0. The molecule has 0 spiro atoms. The lowest BCUT2D eigenvalue weighted by molar-refractivity contribution is -0.143. The van der Waals surface area contributed by atoms with Crippen LogP contribution in [0.2, 0.25) is 0 Å². The van der Waals surface area contributed by atoms with Crippen LogP contribution in [0.4, 0.5) is 31.1 Å². The van der Waals surface area contributed by atoms with Gasteiger partial charge >= 0.3 is 17.6 Å². The van der Waals surface area contributed by atoms with Crippen LogP contribution in [0.15, 0.2) is 34.2 Å². The van der Waals surface area contributed by atoms with Gasteiger partial charge in [0.05, 0.1) is 22.6 Å². The highest BCUT2D eigenvalue weighted by atomic mass is 32.2. The van der Waals surface area contributed by atoms with Crippen molar-refractivity contribution in [1.29, 1.82) is 0 Å². The number of carbonyl (C=O) groups excluding carboxylic acids is 2. The first-order valence-corrected chi connectivity index (χ1v) is 11.1. The van der Waals surface area contributed by atoms with E-state index in [-0.39, 0.29) is 42.4 Å². The molecule has 1 fully saturated rings. The van der Waals surface area contributed by atoms with E-state index in [1.807, 2.05) is 6.08 Å². The second-order valence-corrected chi connectivity index (χ2v) is 8.91. The minimum Gasteiger partial charge on any atom is -0.311 e. The van der Waals surface area contributed by atoms with E-state index in [0.717, 1.165) is 17.8 Å². The van der Waals surface area contributed by atoms with Gasteiger partial charge in [-0.15, -0.1) is 0 Å². The van der Waals surface area contributed by atoms with E-state index in [2.05, 4.69) is 15.6 Å². The molecule has 0 atom stereocenters. The number of rotatable bonds is 5. The van der Waals surface area contributed by atoms with E-state index in [1.54, 1.807) is 11.9 Å². The van der Waals surface area contributed by atoms with E-state index >= 15 is 0 Å². The van der Waals surface area contributed by atoms with Crippen molar-refractivity contribution in [2.75, 3.05) is 26.7 Å². The Morgan fingerprint density at radius 1 is 1.18 bits per heavy atom. The standard InChI is InChI=1S/C21H22F6N4O2S/c1-28-10-17(32)29-18-16(34-19(33)30-18)8-12-4-6-31(7-5-12)11-13-2-3-14(20(22,23)24)9-15(13)21(25,26)27/h2-3,8-9,12,28H,4-7,10-11H2,1H3,(H,29,30,32,33)/b16-8-. The molecule has 2 amide bonds. The van der Waals surface area contributed by atoms with Crippen molar-refractivity contribution in [2.45, 2.75) is 31.7 Å². The maximum Gasteiger partial charge on any atom is 0.416 e. The summed E-state index contributed by atoms with van der Waals surface area (Å²) in [6, 6.07) is 1.71. The van der Waals surface area contributed by atoms with Crippen LogP contribution < -0.4 is 10.6 Å². The predicted molar refractivity (Wildman–Crippen MR) is 115 cm³/mol. The van der Waals surface area contributed by atoms with Gasteiger partial charge in [0.25, 0.3) is 0 Å². The molecule has 0 bridgehead atoms. The van der Waals surface area contributed by atoms with Crippen LogP contribution in [0.3, 0.4) is 0 Å². The molecule has 0 aromatic heterocycles. The van der Waals surface area contributed by atoms with Gasteiger partial charge in [-0.25, -0.2) is 0 Å². The van der Waals surface area contributed by atoms with Crippen molar-refractivity contribution in [3.05, 3.63) is 45.9 Å².